The van der Waals surface area contributed by atoms with E-state index in [2.05, 4.69) is 15.5 Å². The van der Waals surface area contributed by atoms with Gasteiger partial charge in [-0.3, -0.25) is 5.10 Å². The van der Waals surface area contributed by atoms with Crippen molar-refractivity contribution in [2.75, 3.05) is 19.3 Å². The number of rotatable bonds is 4. The van der Waals surface area contributed by atoms with Crippen molar-refractivity contribution < 1.29 is 10.2 Å². The van der Waals surface area contributed by atoms with E-state index in [1.54, 1.807) is 7.05 Å². The van der Waals surface area contributed by atoms with Crippen molar-refractivity contribution in [3.05, 3.63) is 11.8 Å². The SMILES string of the molecule is CNCC(O)C(O)c1cc(N)n[nH]1. The van der Waals surface area contributed by atoms with Crippen molar-refractivity contribution in [3.8, 4) is 0 Å². The van der Waals surface area contributed by atoms with Gasteiger partial charge in [-0.05, 0) is 7.05 Å². The average molecular weight is 186 g/mol. The zero-order valence-electron chi connectivity index (χ0n) is 7.36. The Hall–Kier alpha value is -1.11. The first kappa shape index (κ1) is 9.97. The lowest BCUT2D eigenvalue weighted by Gasteiger charge is -2.15. The third-order valence-corrected chi connectivity index (χ3v) is 1.71. The molecule has 6 heteroatoms. The maximum Gasteiger partial charge on any atom is 0.145 e. The van der Waals surface area contributed by atoms with Gasteiger partial charge in [0.2, 0.25) is 0 Å². The molecule has 0 bridgehead atoms. The van der Waals surface area contributed by atoms with Crippen LogP contribution in [0.3, 0.4) is 0 Å². The van der Waals surface area contributed by atoms with Crippen LogP contribution in [0.15, 0.2) is 6.07 Å². The lowest BCUT2D eigenvalue weighted by Crippen LogP contribution is -2.29. The molecule has 74 valence electrons. The first-order valence-corrected chi connectivity index (χ1v) is 3.96. The molecule has 2 atom stereocenters. The second kappa shape index (κ2) is 4.22. The van der Waals surface area contributed by atoms with Gasteiger partial charge in [0.1, 0.15) is 11.9 Å². The third-order valence-electron chi connectivity index (χ3n) is 1.71. The number of aliphatic hydroxyl groups is 2. The first-order valence-electron chi connectivity index (χ1n) is 3.96. The zero-order valence-corrected chi connectivity index (χ0v) is 7.36. The maximum absolute atomic E-state index is 9.52. The van der Waals surface area contributed by atoms with E-state index < -0.39 is 12.2 Å². The van der Waals surface area contributed by atoms with Crippen molar-refractivity contribution in [1.29, 1.82) is 0 Å². The van der Waals surface area contributed by atoms with Gasteiger partial charge in [0, 0.05) is 12.6 Å². The van der Waals surface area contributed by atoms with Crippen LogP contribution in [0.5, 0.6) is 0 Å². The molecule has 0 aliphatic carbocycles. The van der Waals surface area contributed by atoms with Gasteiger partial charge in [0.05, 0.1) is 11.8 Å². The minimum Gasteiger partial charge on any atom is -0.389 e. The molecular formula is C7H14N4O2. The van der Waals surface area contributed by atoms with Crippen molar-refractivity contribution in [2.45, 2.75) is 12.2 Å². The third kappa shape index (κ3) is 2.41. The van der Waals surface area contributed by atoms with Crippen LogP contribution in [-0.2, 0) is 0 Å². The monoisotopic (exact) mass is 186 g/mol. The number of nitrogens with one attached hydrogen (secondary N) is 2. The molecule has 0 saturated carbocycles. The van der Waals surface area contributed by atoms with E-state index in [1.165, 1.54) is 6.07 Å². The average Bonchev–Trinajstić information content (AvgIpc) is 2.51. The topological polar surface area (TPSA) is 107 Å². The van der Waals surface area contributed by atoms with Gasteiger partial charge in [-0.25, -0.2) is 0 Å². The van der Waals surface area contributed by atoms with Crippen LogP contribution in [0.25, 0.3) is 0 Å². The summed E-state index contributed by atoms with van der Waals surface area (Å²) in [5.74, 6) is 0.297. The quantitative estimate of drug-likeness (QED) is 0.398. The van der Waals surface area contributed by atoms with E-state index >= 15 is 0 Å². The number of H-pyrrole nitrogens is 1. The van der Waals surface area contributed by atoms with Crippen molar-refractivity contribution in [1.82, 2.24) is 15.5 Å². The van der Waals surface area contributed by atoms with Gasteiger partial charge >= 0.3 is 0 Å². The van der Waals surface area contributed by atoms with Crippen molar-refractivity contribution in [3.63, 3.8) is 0 Å². The van der Waals surface area contributed by atoms with E-state index in [4.69, 9.17) is 5.73 Å². The zero-order chi connectivity index (χ0) is 9.84. The number of anilines is 1. The number of nitrogens with zero attached hydrogens (tertiary/aromatic N) is 1. The van der Waals surface area contributed by atoms with E-state index in [1.807, 2.05) is 0 Å². The summed E-state index contributed by atoms with van der Waals surface area (Å²) in [4.78, 5) is 0. The van der Waals surface area contributed by atoms with Gasteiger partial charge in [0.15, 0.2) is 0 Å². The highest BCUT2D eigenvalue weighted by Gasteiger charge is 2.19. The van der Waals surface area contributed by atoms with Gasteiger partial charge in [0.25, 0.3) is 0 Å². The molecule has 13 heavy (non-hydrogen) atoms. The second-order valence-electron chi connectivity index (χ2n) is 2.82. The molecule has 6 N–H and O–H groups in total. The summed E-state index contributed by atoms with van der Waals surface area (Å²) < 4.78 is 0. The summed E-state index contributed by atoms with van der Waals surface area (Å²) in [5, 5.41) is 27.8. The van der Waals surface area contributed by atoms with Crippen LogP contribution in [0.2, 0.25) is 0 Å². The smallest absolute Gasteiger partial charge is 0.145 e. The molecule has 0 amide bonds. The predicted octanol–water partition coefficient (Wildman–Crippen LogP) is -1.39. The fourth-order valence-electron chi connectivity index (χ4n) is 1.03. The molecule has 1 heterocycles. The Morgan fingerprint density at radius 1 is 1.69 bits per heavy atom. The lowest BCUT2D eigenvalue weighted by molar-refractivity contribution is 0.0176. The number of nitrogen functional groups attached to an aromatic ring is 1. The fraction of sp³-hybridized carbons (Fsp3) is 0.571. The fourth-order valence-corrected chi connectivity index (χ4v) is 1.03. The minimum absolute atomic E-state index is 0.297. The molecule has 1 aromatic rings. The molecule has 0 aliphatic heterocycles. The molecule has 0 saturated heterocycles. The first-order chi connectivity index (χ1) is 6.15. The number of aromatic nitrogens is 2. The van der Waals surface area contributed by atoms with Gasteiger partial charge in [-0.1, -0.05) is 0 Å². The molecule has 2 unspecified atom stereocenters. The van der Waals surface area contributed by atoms with E-state index in [0.29, 0.717) is 18.1 Å². The van der Waals surface area contributed by atoms with E-state index in [0.717, 1.165) is 0 Å². The maximum atomic E-state index is 9.52. The number of aromatic amines is 1. The Morgan fingerprint density at radius 3 is 2.85 bits per heavy atom. The van der Waals surface area contributed by atoms with Crippen molar-refractivity contribution in [2.24, 2.45) is 0 Å². The number of likely N-dealkylation sites (N-methyl/N-ethyl adjacent to an activating group) is 1. The molecule has 0 spiro atoms. The van der Waals surface area contributed by atoms with Crippen LogP contribution < -0.4 is 11.1 Å². The van der Waals surface area contributed by atoms with E-state index in [9.17, 15) is 10.2 Å². The minimum atomic E-state index is -0.989. The highest BCUT2D eigenvalue weighted by atomic mass is 16.3. The number of hydrogen-bond donors (Lipinski definition) is 5. The molecule has 0 aliphatic rings. The van der Waals surface area contributed by atoms with Gasteiger partial charge in [-0.15, -0.1) is 0 Å². The summed E-state index contributed by atoms with van der Waals surface area (Å²) in [6.45, 7) is 0.306. The van der Waals surface area contributed by atoms with Crippen LogP contribution in [0.1, 0.15) is 11.8 Å². The van der Waals surface area contributed by atoms with Crippen LogP contribution in [0, 0.1) is 0 Å². The molecule has 1 aromatic heterocycles. The summed E-state index contributed by atoms with van der Waals surface area (Å²) >= 11 is 0. The van der Waals surface area contributed by atoms with E-state index in [-0.39, 0.29) is 0 Å². The van der Waals surface area contributed by atoms with Crippen LogP contribution in [-0.4, -0.2) is 40.1 Å². The summed E-state index contributed by atoms with van der Waals surface area (Å²) in [6, 6.07) is 1.49. The number of aliphatic hydroxyl groups excluding tert-OH is 2. The largest absolute Gasteiger partial charge is 0.389 e. The summed E-state index contributed by atoms with van der Waals surface area (Å²) in [5.41, 5.74) is 5.76. The number of nitrogens with two attached hydrogens (primary N) is 1. The lowest BCUT2D eigenvalue weighted by atomic mass is 10.1. The van der Waals surface area contributed by atoms with Crippen LogP contribution >= 0.6 is 0 Å². The Bertz CT molecular complexity index is 263. The van der Waals surface area contributed by atoms with Gasteiger partial charge in [-0.2, -0.15) is 5.10 Å². The summed E-state index contributed by atoms with van der Waals surface area (Å²) in [6.07, 6.45) is -1.86. The van der Waals surface area contributed by atoms with Crippen molar-refractivity contribution >= 4 is 5.82 Å². The molecule has 0 fully saturated rings. The summed E-state index contributed by atoms with van der Waals surface area (Å²) in [7, 11) is 1.69. The molecule has 1 rings (SSSR count). The Kier molecular flexibility index (Phi) is 3.24. The predicted molar refractivity (Wildman–Crippen MR) is 47.9 cm³/mol. The molecule has 0 aromatic carbocycles. The molecular weight excluding hydrogens is 172 g/mol. The normalized spacial score (nSPS) is 15.6. The Morgan fingerprint density at radius 2 is 2.38 bits per heavy atom. The van der Waals surface area contributed by atoms with Gasteiger partial charge < -0.3 is 21.3 Å². The molecule has 6 nitrogen and oxygen atoms in total. The standard InChI is InChI=1S/C7H14N4O2/c1-9-3-5(12)7(13)4-2-6(8)11-10-4/h2,5,7,9,12-13H,3H2,1H3,(H3,8,10,11). The van der Waals surface area contributed by atoms with Crippen LogP contribution in [0.4, 0.5) is 5.82 Å². The second-order valence-corrected chi connectivity index (χ2v) is 2.82. The number of hydrogen-bond acceptors (Lipinski definition) is 5. The molecule has 0 radical (unpaired) electrons. The highest BCUT2D eigenvalue weighted by Crippen LogP contribution is 2.15. The highest BCUT2D eigenvalue weighted by molar-refractivity contribution is 5.29. The Balaban J connectivity index is 2.61. The Labute approximate surface area is 75.8 Å².